The molecule has 1 rings (SSSR count). The fourth-order valence-corrected chi connectivity index (χ4v) is 1.39. The first-order chi connectivity index (χ1) is 6.91. The molecule has 4 N–H and O–H groups in total. The standard InChI is InChI=1S/C8H12B2O4S/c1-5(15)6-2-7(9(11)12)4-8(3-6)10(13)14/h2-5,11-15H,1H3. The van der Waals surface area contributed by atoms with Crippen LogP contribution < -0.4 is 10.9 Å². The molecule has 0 aliphatic rings. The highest BCUT2D eigenvalue weighted by atomic mass is 32.1. The Morgan fingerprint density at radius 1 is 1.00 bits per heavy atom. The van der Waals surface area contributed by atoms with E-state index in [0.717, 1.165) is 0 Å². The minimum atomic E-state index is -1.63. The summed E-state index contributed by atoms with van der Waals surface area (Å²) < 4.78 is 0. The van der Waals surface area contributed by atoms with E-state index in [9.17, 15) is 0 Å². The lowest BCUT2D eigenvalue weighted by Crippen LogP contribution is -2.38. The molecule has 0 aliphatic carbocycles. The zero-order valence-electron chi connectivity index (χ0n) is 8.20. The number of benzene rings is 1. The molecule has 0 heterocycles. The molecule has 0 bridgehead atoms. The maximum atomic E-state index is 9.00. The van der Waals surface area contributed by atoms with Crippen molar-refractivity contribution in [3.8, 4) is 0 Å². The van der Waals surface area contributed by atoms with Gasteiger partial charge in [-0.1, -0.05) is 18.2 Å². The van der Waals surface area contributed by atoms with Crippen LogP contribution in [0.15, 0.2) is 18.2 Å². The molecular weight excluding hydrogens is 214 g/mol. The maximum Gasteiger partial charge on any atom is 0.488 e. The van der Waals surface area contributed by atoms with Crippen molar-refractivity contribution in [3.63, 3.8) is 0 Å². The van der Waals surface area contributed by atoms with Gasteiger partial charge < -0.3 is 20.1 Å². The summed E-state index contributed by atoms with van der Waals surface area (Å²) in [5.41, 5.74) is 1.14. The molecule has 0 fully saturated rings. The van der Waals surface area contributed by atoms with Gasteiger partial charge >= 0.3 is 14.2 Å². The van der Waals surface area contributed by atoms with Gasteiger partial charge in [0.15, 0.2) is 0 Å². The third-order valence-corrected chi connectivity index (χ3v) is 2.38. The number of hydrogen-bond acceptors (Lipinski definition) is 5. The number of hydrogen-bond donors (Lipinski definition) is 5. The van der Waals surface area contributed by atoms with Crippen molar-refractivity contribution >= 4 is 37.8 Å². The van der Waals surface area contributed by atoms with Crippen LogP contribution in [0, 0.1) is 0 Å². The molecule has 4 nitrogen and oxygen atoms in total. The van der Waals surface area contributed by atoms with Gasteiger partial charge in [0.05, 0.1) is 0 Å². The van der Waals surface area contributed by atoms with E-state index in [2.05, 4.69) is 12.6 Å². The molecule has 15 heavy (non-hydrogen) atoms. The van der Waals surface area contributed by atoms with E-state index in [4.69, 9.17) is 20.1 Å². The van der Waals surface area contributed by atoms with Crippen molar-refractivity contribution in [1.29, 1.82) is 0 Å². The summed E-state index contributed by atoms with van der Waals surface area (Å²) in [5, 5.41) is 35.9. The van der Waals surface area contributed by atoms with Crippen LogP contribution in [0.25, 0.3) is 0 Å². The highest BCUT2D eigenvalue weighted by Crippen LogP contribution is 2.16. The largest absolute Gasteiger partial charge is 0.488 e. The van der Waals surface area contributed by atoms with Crippen LogP contribution in [0.1, 0.15) is 17.7 Å². The minimum Gasteiger partial charge on any atom is -0.423 e. The summed E-state index contributed by atoms with van der Waals surface area (Å²) in [4.78, 5) is 0. The normalized spacial score (nSPS) is 12.4. The topological polar surface area (TPSA) is 80.9 Å². The van der Waals surface area contributed by atoms with Crippen LogP contribution in [0.5, 0.6) is 0 Å². The third kappa shape index (κ3) is 3.25. The van der Waals surface area contributed by atoms with Crippen LogP contribution in [0.2, 0.25) is 0 Å². The fourth-order valence-electron chi connectivity index (χ4n) is 1.24. The summed E-state index contributed by atoms with van der Waals surface area (Å²) in [6.07, 6.45) is 0. The molecule has 7 heteroatoms. The Kier molecular flexibility index (Phi) is 4.24. The van der Waals surface area contributed by atoms with E-state index in [1.54, 1.807) is 19.1 Å². The van der Waals surface area contributed by atoms with Crippen LogP contribution in [-0.2, 0) is 0 Å². The second kappa shape index (κ2) is 5.05. The fraction of sp³-hybridized carbons (Fsp3) is 0.250. The molecule has 1 atom stereocenters. The molecule has 1 aromatic carbocycles. The second-order valence-electron chi connectivity index (χ2n) is 3.36. The zero-order valence-corrected chi connectivity index (χ0v) is 9.09. The summed E-state index contributed by atoms with van der Waals surface area (Å²) in [5.74, 6) is 0. The monoisotopic (exact) mass is 226 g/mol. The predicted molar refractivity (Wildman–Crippen MR) is 63.5 cm³/mol. The Bertz CT molecular complexity index is 279. The van der Waals surface area contributed by atoms with E-state index in [-0.39, 0.29) is 16.2 Å². The molecule has 0 saturated carbocycles. The molecule has 1 aromatic rings. The molecule has 0 saturated heterocycles. The molecule has 1 unspecified atom stereocenters. The molecular formula is C8H12B2O4S. The third-order valence-electron chi connectivity index (χ3n) is 2.08. The molecule has 0 aliphatic heterocycles. The van der Waals surface area contributed by atoms with Crippen molar-refractivity contribution < 1.29 is 20.1 Å². The van der Waals surface area contributed by atoms with Gasteiger partial charge in [0, 0.05) is 5.25 Å². The molecule has 0 radical (unpaired) electrons. The van der Waals surface area contributed by atoms with Gasteiger partial charge in [-0.3, -0.25) is 0 Å². The van der Waals surface area contributed by atoms with Gasteiger partial charge in [-0.25, -0.2) is 0 Å². The van der Waals surface area contributed by atoms with Crippen LogP contribution in [0.3, 0.4) is 0 Å². The summed E-state index contributed by atoms with van der Waals surface area (Å²) in [6.45, 7) is 1.81. The quantitative estimate of drug-likeness (QED) is 0.306. The maximum absolute atomic E-state index is 9.00. The zero-order chi connectivity index (χ0) is 11.6. The SMILES string of the molecule is CC(S)c1cc(B(O)O)cc(B(O)O)c1. The highest BCUT2D eigenvalue weighted by molar-refractivity contribution is 7.80. The first kappa shape index (κ1) is 12.6. The highest BCUT2D eigenvalue weighted by Gasteiger charge is 2.19. The Morgan fingerprint density at radius 3 is 1.67 bits per heavy atom. The van der Waals surface area contributed by atoms with Gasteiger partial charge in [0.2, 0.25) is 0 Å². The Labute approximate surface area is 94.3 Å². The van der Waals surface area contributed by atoms with Crippen LogP contribution in [0.4, 0.5) is 0 Å². The van der Waals surface area contributed by atoms with E-state index in [1.165, 1.54) is 6.07 Å². The minimum absolute atomic E-state index is 0.124. The number of thiol groups is 1. The lowest BCUT2D eigenvalue weighted by molar-refractivity contribution is 0.425. The van der Waals surface area contributed by atoms with E-state index < -0.39 is 14.2 Å². The number of rotatable bonds is 3. The smallest absolute Gasteiger partial charge is 0.423 e. The molecule has 0 amide bonds. The van der Waals surface area contributed by atoms with Crippen molar-refractivity contribution in [2.45, 2.75) is 12.2 Å². The average molecular weight is 226 g/mol. The van der Waals surface area contributed by atoms with E-state index in [1.807, 2.05) is 0 Å². The Balaban J connectivity index is 3.20. The average Bonchev–Trinajstić information content (AvgIpc) is 2.16. The lowest BCUT2D eigenvalue weighted by atomic mass is 9.72. The molecule has 80 valence electrons. The van der Waals surface area contributed by atoms with E-state index >= 15 is 0 Å². The van der Waals surface area contributed by atoms with Crippen molar-refractivity contribution in [2.24, 2.45) is 0 Å². The summed E-state index contributed by atoms with van der Waals surface area (Å²) in [7, 11) is -3.26. The van der Waals surface area contributed by atoms with Crippen molar-refractivity contribution in [2.75, 3.05) is 0 Å². The summed E-state index contributed by atoms with van der Waals surface area (Å²) in [6, 6.07) is 4.46. The molecule has 0 aromatic heterocycles. The van der Waals surface area contributed by atoms with Gasteiger partial charge in [-0.2, -0.15) is 12.6 Å². The van der Waals surface area contributed by atoms with Crippen LogP contribution in [-0.4, -0.2) is 34.3 Å². The van der Waals surface area contributed by atoms with E-state index in [0.29, 0.717) is 5.56 Å². The second-order valence-corrected chi connectivity index (χ2v) is 4.13. The lowest BCUT2D eigenvalue weighted by Gasteiger charge is -2.10. The Hall–Kier alpha value is -0.460. The van der Waals surface area contributed by atoms with Gasteiger partial charge in [-0.15, -0.1) is 0 Å². The molecule has 0 spiro atoms. The Morgan fingerprint density at radius 2 is 1.40 bits per heavy atom. The predicted octanol–water partition coefficient (Wildman–Crippen LogP) is -1.96. The first-order valence-corrected chi connectivity index (χ1v) is 4.98. The van der Waals surface area contributed by atoms with Crippen molar-refractivity contribution in [1.82, 2.24) is 0 Å². The summed E-state index contributed by atoms with van der Waals surface area (Å²) >= 11 is 4.19. The van der Waals surface area contributed by atoms with Crippen molar-refractivity contribution in [3.05, 3.63) is 23.8 Å². The van der Waals surface area contributed by atoms with Gasteiger partial charge in [0.1, 0.15) is 0 Å². The first-order valence-electron chi connectivity index (χ1n) is 4.47. The van der Waals surface area contributed by atoms with Gasteiger partial charge in [0.25, 0.3) is 0 Å². The van der Waals surface area contributed by atoms with Crippen LogP contribution >= 0.6 is 12.6 Å². The van der Waals surface area contributed by atoms with Gasteiger partial charge in [-0.05, 0) is 23.4 Å².